The van der Waals surface area contributed by atoms with Gasteiger partial charge in [-0.3, -0.25) is 0 Å². The van der Waals surface area contributed by atoms with Crippen molar-refractivity contribution < 1.29 is 5.11 Å². The molecule has 2 heteroatoms. The molecule has 0 radical (unpaired) electrons. The molecule has 0 bridgehead atoms. The van der Waals surface area contributed by atoms with Crippen LogP contribution in [0, 0.1) is 11.8 Å². The maximum atomic E-state index is 9.50. The molecule has 1 nitrogen and oxygen atoms in total. The lowest BCUT2D eigenvalue weighted by atomic mass is 9.73. The quantitative estimate of drug-likeness (QED) is 0.781. The van der Waals surface area contributed by atoms with Crippen molar-refractivity contribution in [1.82, 2.24) is 0 Å². The van der Waals surface area contributed by atoms with Gasteiger partial charge in [-0.2, -0.15) is 11.8 Å². The molecule has 0 spiro atoms. The zero-order valence-corrected chi connectivity index (χ0v) is 10.6. The first-order valence-corrected chi connectivity index (χ1v) is 7.79. The Labute approximate surface area is 98.0 Å². The van der Waals surface area contributed by atoms with Gasteiger partial charge in [-0.25, -0.2) is 0 Å². The van der Waals surface area contributed by atoms with E-state index in [-0.39, 0.29) is 6.10 Å². The normalized spacial score (nSPS) is 42.8. The van der Waals surface area contributed by atoms with Gasteiger partial charge >= 0.3 is 0 Å². The van der Waals surface area contributed by atoms with Crippen LogP contribution in [0.5, 0.6) is 0 Å². The Hall–Kier alpha value is 0.310. The van der Waals surface area contributed by atoms with Crippen LogP contribution >= 0.6 is 11.8 Å². The Balaban J connectivity index is 1.75. The number of hydrogen-bond donors (Lipinski definition) is 1. The maximum absolute atomic E-state index is 9.50. The van der Waals surface area contributed by atoms with Gasteiger partial charge in [-0.05, 0) is 69.5 Å². The molecular weight excluding hydrogens is 204 g/mol. The summed E-state index contributed by atoms with van der Waals surface area (Å²) in [6.07, 6.45) is 12.7. The lowest BCUT2D eigenvalue weighted by Crippen LogP contribution is -2.27. The minimum Gasteiger partial charge on any atom is -0.393 e. The summed E-state index contributed by atoms with van der Waals surface area (Å²) in [5.41, 5.74) is 0. The lowest BCUT2D eigenvalue weighted by molar-refractivity contribution is 0.0826. The second-order valence-corrected chi connectivity index (χ2v) is 6.48. The number of aliphatic hydroxyl groups is 1. The van der Waals surface area contributed by atoms with Crippen molar-refractivity contribution in [1.29, 1.82) is 0 Å². The highest BCUT2D eigenvalue weighted by Crippen LogP contribution is 2.40. The third-order valence-corrected chi connectivity index (χ3v) is 5.60. The molecule has 0 aromatic rings. The second kappa shape index (κ2) is 5.58. The molecule has 1 N–H and O–H groups in total. The van der Waals surface area contributed by atoms with Crippen LogP contribution in [-0.4, -0.2) is 22.7 Å². The molecule has 88 valence electrons. The molecule has 15 heavy (non-hydrogen) atoms. The summed E-state index contributed by atoms with van der Waals surface area (Å²) in [6, 6.07) is 0. The number of rotatable bonds is 2. The molecule has 0 heterocycles. The fourth-order valence-electron chi connectivity index (χ4n) is 3.37. The van der Waals surface area contributed by atoms with Crippen molar-refractivity contribution in [2.24, 2.45) is 11.8 Å². The monoisotopic (exact) mass is 228 g/mol. The van der Waals surface area contributed by atoms with Gasteiger partial charge in [0.2, 0.25) is 0 Å². The molecule has 2 aliphatic carbocycles. The van der Waals surface area contributed by atoms with Crippen molar-refractivity contribution in [3.8, 4) is 0 Å². The summed E-state index contributed by atoms with van der Waals surface area (Å²) in [5, 5.41) is 10.4. The van der Waals surface area contributed by atoms with Gasteiger partial charge in [-0.15, -0.1) is 0 Å². The van der Waals surface area contributed by atoms with Crippen LogP contribution in [0.15, 0.2) is 0 Å². The smallest absolute Gasteiger partial charge is 0.0540 e. The standard InChI is InChI=1S/C13H24OS/c1-15-13-8-4-11(5-9-13)10-2-6-12(14)7-3-10/h10-14H,2-9H2,1H3. The first-order chi connectivity index (χ1) is 7.29. The Morgan fingerprint density at radius 3 is 1.73 bits per heavy atom. The first-order valence-electron chi connectivity index (χ1n) is 6.50. The average molecular weight is 228 g/mol. The van der Waals surface area contributed by atoms with E-state index >= 15 is 0 Å². The summed E-state index contributed by atoms with van der Waals surface area (Å²) in [6.45, 7) is 0. The molecule has 0 aromatic carbocycles. The number of hydrogen-bond acceptors (Lipinski definition) is 2. The second-order valence-electron chi connectivity index (χ2n) is 5.34. The van der Waals surface area contributed by atoms with E-state index < -0.39 is 0 Å². The highest BCUT2D eigenvalue weighted by molar-refractivity contribution is 7.99. The zero-order valence-electron chi connectivity index (χ0n) is 9.82. The van der Waals surface area contributed by atoms with E-state index in [1.165, 1.54) is 38.5 Å². The van der Waals surface area contributed by atoms with E-state index in [4.69, 9.17) is 0 Å². The molecule has 0 unspecified atom stereocenters. The van der Waals surface area contributed by atoms with Crippen molar-refractivity contribution in [2.45, 2.75) is 62.7 Å². The number of aliphatic hydroxyl groups excluding tert-OH is 1. The predicted octanol–water partition coefficient (Wildman–Crippen LogP) is 3.46. The molecule has 0 aliphatic heterocycles. The largest absolute Gasteiger partial charge is 0.393 e. The molecule has 0 saturated heterocycles. The summed E-state index contributed by atoms with van der Waals surface area (Å²) < 4.78 is 0. The minimum atomic E-state index is 0.0174. The van der Waals surface area contributed by atoms with Crippen molar-refractivity contribution in [3.63, 3.8) is 0 Å². The van der Waals surface area contributed by atoms with E-state index in [0.29, 0.717) is 0 Å². The molecule has 2 aliphatic rings. The Morgan fingerprint density at radius 2 is 1.27 bits per heavy atom. The van der Waals surface area contributed by atoms with Gasteiger partial charge < -0.3 is 5.11 Å². The molecule has 0 atom stereocenters. The fourth-order valence-corrected chi connectivity index (χ4v) is 4.11. The van der Waals surface area contributed by atoms with Crippen molar-refractivity contribution in [2.75, 3.05) is 6.26 Å². The maximum Gasteiger partial charge on any atom is 0.0540 e. The third kappa shape index (κ3) is 3.13. The summed E-state index contributed by atoms with van der Waals surface area (Å²) in [4.78, 5) is 0. The van der Waals surface area contributed by atoms with Crippen LogP contribution in [0.1, 0.15) is 51.4 Å². The fraction of sp³-hybridized carbons (Fsp3) is 1.00. The molecule has 0 amide bonds. The molecule has 2 saturated carbocycles. The molecule has 2 rings (SSSR count). The topological polar surface area (TPSA) is 20.2 Å². The van der Waals surface area contributed by atoms with Crippen LogP contribution in [-0.2, 0) is 0 Å². The van der Waals surface area contributed by atoms with Gasteiger partial charge in [0, 0.05) is 5.25 Å². The molecule has 2 fully saturated rings. The van der Waals surface area contributed by atoms with E-state index in [9.17, 15) is 5.11 Å². The first kappa shape index (κ1) is 11.8. The van der Waals surface area contributed by atoms with Crippen LogP contribution < -0.4 is 0 Å². The van der Waals surface area contributed by atoms with Crippen LogP contribution in [0.25, 0.3) is 0 Å². The van der Waals surface area contributed by atoms with Crippen LogP contribution in [0.4, 0.5) is 0 Å². The van der Waals surface area contributed by atoms with E-state index in [0.717, 1.165) is 29.9 Å². The van der Waals surface area contributed by atoms with E-state index in [1.54, 1.807) is 0 Å². The van der Waals surface area contributed by atoms with Crippen LogP contribution in [0.2, 0.25) is 0 Å². The highest BCUT2D eigenvalue weighted by atomic mass is 32.2. The van der Waals surface area contributed by atoms with Gasteiger partial charge in [0.25, 0.3) is 0 Å². The predicted molar refractivity (Wildman–Crippen MR) is 67.2 cm³/mol. The summed E-state index contributed by atoms with van der Waals surface area (Å²) >= 11 is 2.05. The van der Waals surface area contributed by atoms with Gasteiger partial charge in [0.1, 0.15) is 0 Å². The van der Waals surface area contributed by atoms with E-state index in [1.807, 2.05) is 0 Å². The zero-order chi connectivity index (χ0) is 10.7. The molecular formula is C13H24OS. The Kier molecular flexibility index (Phi) is 4.39. The van der Waals surface area contributed by atoms with Gasteiger partial charge in [0.15, 0.2) is 0 Å². The van der Waals surface area contributed by atoms with Crippen molar-refractivity contribution >= 4 is 11.8 Å². The Morgan fingerprint density at radius 1 is 0.800 bits per heavy atom. The summed E-state index contributed by atoms with van der Waals surface area (Å²) in [7, 11) is 0. The lowest BCUT2D eigenvalue weighted by Gasteiger charge is -2.36. The van der Waals surface area contributed by atoms with Crippen molar-refractivity contribution in [3.05, 3.63) is 0 Å². The third-order valence-electron chi connectivity index (χ3n) is 4.46. The highest BCUT2D eigenvalue weighted by Gasteiger charge is 2.29. The Bertz CT molecular complexity index is 179. The SMILES string of the molecule is CSC1CCC(C2CCC(O)CC2)CC1. The van der Waals surface area contributed by atoms with Crippen LogP contribution in [0.3, 0.4) is 0 Å². The molecule has 0 aromatic heterocycles. The van der Waals surface area contributed by atoms with Gasteiger partial charge in [0.05, 0.1) is 6.10 Å². The summed E-state index contributed by atoms with van der Waals surface area (Å²) in [5.74, 6) is 1.93. The van der Waals surface area contributed by atoms with Gasteiger partial charge in [-0.1, -0.05) is 0 Å². The van der Waals surface area contributed by atoms with E-state index in [2.05, 4.69) is 18.0 Å². The minimum absolute atomic E-state index is 0.0174. The average Bonchev–Trinajstić information content (AvgIpc) is 2.30. The number of thioether (sulfide) groups is 1.